The monoisotopic (exact) mass is 459 g/mol. The largest absolute Gasteiger partial charge is 0.398 e. The maximum atomic E-state index is 12.9. The number of nitrogens with two attached hydrogens (primary N) is 1. The van der Waals surface area contributed by atoms with Crippen LogP contribution >= 0.6 is 0 Å². The van der Waals surface area contributed by atoms with Crippen molar-refractivity contribution in [1.29, 1.82) is 5.41 Å². The van der Waals surface area contributed by atoms with Gasteiger partial charge in [0.15, 0.2) is 0 Å². The second-order valence-corrected chi connectivity index (χ2v) is 9.00. The van der Waals surface area contributed by atoms with Gasteiger partial charge in [-0.3, -0.25) is 15.2 Å². The van der Waals surface area contributed by atoms with Crippen molar-refractivity contribution in [3.63, 3.8) is 0 Å². The van der Waals surface area contributed by atoms with E-state index in [9.17, 15) is 4.79 Å². The lowest BCUT2D eigenvalue weighted by Crippen LogP contribution is -2.45. The fourth-order valence-electron chi connectivity index (χ4n) is 4.91. The highest BCUT2D eigenvalue weighted by Gasteiger charge is 2.37. The first kappa shape index (κ1) is 22.1. The molecule has 178 valence electrons. The van der Waals surface area contributed by atoms with Gasteiger partial charge in [-0.2, -0.15) is 0 Å². The van der Waals surface area contributed by atoms with Crippen molar-refractivity contribution < 1.29 is 12.4 Å². The van der Waals surface area contributed by atoms with Crippen molar-refractivity contribution in [2.45, 2.75) is 37.9 Å². The fourth-order valence-corrected chi connectivity index (χ4v) is 4.91. The van der Waals surface area contributed by atoms with Crippen LogP contribution in [0.1, 0.15) is 55.8 Å². The summed E-state index contributed by atoms with van der Waals surface area (Å²) < 4.78 is 5.69. The molecule has 2 saturated heterocycles. The average molecular weight is 460 g/mol. The summed E-state index contributed by atoms with van der Waals surface area (Å²) in [5, 5.41) is 11.7. The molecule has 34 heavy (non-hydrogen) atoms. The van der Waals surface area contributed by atoms with Crippen LogP contribution in [0.3, 0.4) is 0 Å². The summed E-state index contributed by atoms with van der Waals surface area (Å²) in [5.41, 5.74) is 10.7. The van der Waals surface area contributed by atoms with Crippen LogP contribution in [0.4, 0.5) is 11.4 Å². The molecule has 2 unspecified atom stereocenters. The Bertz CT molecular complexity index is 1190. The van der Waals surface area contributed by atoms with Gasteiger partial charge in [-0.1, -0.05) is 18.2 Å². The highest BCUT2D eigenvalue weighted by atomic mass is 16.5. The van der Waals surface area contributed by atoms with E-state index in [4.69, 9.17) is 15.9 Å². The van der Waals surface area contributed by atoms with Gasteiger partial charge < -0.3 is 20.7 Å². The standard InChI is InChI=1S/C27H29N5O2.2H2/c1-17(25-4-2-3-13-30-25)31-27(33)19-7-12-24(28)23(14-19)26(29)18-5-8-20(9-6-18)32-21-10-11-22(32)16-34-15-21;;/h2-9,12-14,17,21-22,29H,10-11,15-16,28H2,1H3,(H,31,33);2*1H/t17-,21?,22?;;/m0../s1. The van der Waals surface area contributed by atoms with E-state index in [2.05, 4.69) is 27.3 Å². The van der Waals surface area contributed by atoms with E-state index in [0.717, 1.165) is 43.0 Å². The number of hydrogen-bond acceptors (Lipinski definition) is 6. The molecular formula is C27H33N5O2. The number of nitrogens with one attached hydrogen (secondary N) is 2. The number of pyridine rings is 1. The summed E-state index contributed by atoms with van der Waals surface area (Å²) in [4.78, 5) is 19.6. The van der Waals surface area contributed by atoms with Crippen LogP contribution in [-0.2, 0) is 4.74 Å². The smallest absolute Gasteiger partial charge is 0.251 e. The Hall–Kier alpha value is -3.71. The van der Waals surface area contributed by atoms with Gasteiger partial charge in [0.25, 0.3) is 5.91 Å². The highest BCUT2D eigenvalue weighted by Crippen LogP contribution is 2.34. The van der Waals surface area contributed by atoms with Crippen molar-refractivity contribution >= 4 is 23.0 Å². The normalized spacial score (nSPS) is 20.1. The molecule has 2 aromatic carbocycles. The number of carbonyl (C=O) groups is 1. The van der Waals surface area contributed by atoms with Crippen LogP contribution < -0.4 is 16.0 Å². The van der Waals surface area contributed by atoms with Gasteiger partial charge in [-0.15, -0.1) is 0 Å². The molecule has 7 heteroatoms. The average Bonchev–Trinajstić information content (AvgIpc) is 3.12. The van der Waals surface area contributed by atoms with Gasteiger partial charge >= 0.3 is 0 Å². The maximum Gasteiger partial charge on any atom is 0.251 e. The quantitative estimate of drug-likeness (QED) is 0.374. The number of nitrogens with zero attached hydrogens (tertiary/aromatic N) is 2. The number of carbonyl (C=O) groups excluding carboxylic acids is 1. The number of morpholine rings is 1. The Kier molecular flexibility index (Phi) is 6.02. The van der Waals surface area contributed by atoms with E-state index in [1.54, 1.807) is 24.4 Å². The first-order valence-corrected chi connectivity index (χ1v) is 11.7. The molecule has 1 aromatic heterocycles. The summed E-state index contributed by atoms with van der Waals surface area (Å²) in [6, 6.07) is 19.4. The number of benzene rings is 2. The fraction of sp³-hybridized carbons (Fsp3) is 0.296. The van der Waals surface area contributed by atoms with Crippen molar-refractivity contribution in [2.75, 3.05) is 23.8 Å². The molecule has 5 rings (SSSR count). The summed E-state index contributed by atoms with van der Waals surface area (Å²) in [6.07, 6.45) is 4.02. The third-order valence-electron chi connectivity index (χ3n) is 6.76. The first-order chi connectivity index (χ1) is 16.5. The molecule has 3 atom stereocenters. The lowest BCUT2D eigenvalue weighted by molar-refractivity contribution is 0.0906. The zero-order valence-electron chi connectivity index (χ0n) is 19.2. The molecule has 0 spiro atoms. The molecule has 7 nitrogen and oxygen atoms in total. The van der Waals surface area contributed by atoms with Crippen molar-refractivity contribution in [3.8, 4) is 0 Å². The number of anilines is 2. The lowest BCUT2D eigenvalue weighted by atomic mass is 9.98. The summed E-state index contributed by atoms with van der Waals surface area (Å²) in [7, 11) is 0. The number of amides is 1. The number of fused-ring (bicyclic) bond motifs is 2. The molecule has 1 amide bonds. The topological polar surface area (TPSA) is 104 Å². The Labute approximate surface area is 202 Å². The van der Waals surface area contributed by atoms with Gasteiger partial charge in [-0.25, -0.2) is 0 Å². The summed E-state index contributed by atoms with van der Waals surface area (Å²) in [5.74, 6) is -0.231. The lowest BCUT2D eigenvalue weighted by Gasteiger charge is -2.36. The molecule has 2 fully saturated rings. The molecule has 2 bridgehead atoms. The predicted octanol–water partition coefficient (Wildman–Crippen LogP) is 4.43. The minimum absolute atomic E-state index is 0. The second kappa shape index (κ2) is 9.27. The Morgan fingerprint density at radius 3 is 2.50 bits per heavy atom. The molecule has 0 saturated carbocycles. The molecule has 4 N–H and O–H groups in total. The van der Waals surface area contributed by atoms with Gasteiger partial charge in [0.05, 0.1) is 42.7 Å². The summed E-state index contributed by atoms with van der Waals surface area (Å²) >= 11 is 0. The van der Waals surface area contributed by atoms with Crippen LogP contribution in [0.15, 0.2) is 66.9 Å². The predicted molar refractivity (Wildman–Crippen MR) is 138 cm³/mol. The van der Waals surface area contributed by atoms with Crippen LogP contribution in [0.25, 0.3) is 0 Å². The minimum atomic E-state index is -0.239. The Balaban J connectivity index is 0.00000180. The van der Waals surface area contributed by atoms with E-state index in [1.165, 1.54) is 0 Å². The molecule has 3 heterocycles. The van der Waals surface area contributed by atoms with Gasteiger partial charge in [-0.05, 0) is 62.2 Å². The molecule has 2 aliphatic heterocycles. The van der Waals surface area contributed by atoms with Crippen LogP contribution in [0, 0.1) is 5.41 Å². The van der Waals surface area contributed by atoms with E-state index in [0.29, 0.717) is 34.6 Å². The van der Waals surface area contributed by atoms with E-state index in [1.807, 2.05) is 37.3 Å². The van der Waals surface area contributed by atoms with E-state index < -0.39 is 0 Å². The number of aromatic nitrogens is 1. The zero-order valence-corrected chi connectivity index (χ0v) is 19.2. The SMILES string of the molecule is C[C@H](NC(=O)c1ccc(N)c(C(=N)c2ccc(N3C4CCC3COC4)cc2)c1)c1ccccn1.[HH].[HH]. The van der Waals surface area contributed by atoms with Crippen LogP contribution in [-0.4, -0.2) is 41.9 Å². The van der Waals surface area contributed by atoms with Crippen LogP contribution in [0.5, 0.6) is 0 Å². The number of ether oxygens (including phenoxy) is 1. The number of hydrogen-bond donors (Lipinski definition) is 3. The molecule has 2 aliphatic rings. The molecular weight excluding hydrogens is 426 g/mol. The number of rotatable bonds is 6. The zero-order chi connectivity index (χ0) is 23.7. The van der Waals surface area contributed by atoms with Gasteiger partial charge in [0.1, 0.15) is 0 Å². The van der Waals surface area contributed by atoms with Gasteiger partial charge in [0.2, 0.25) is 0 Å². The Morgan fingerprint density at radius 1 is 1.12 bits per heavy atom. The third-order valence-corrected chi connectivity index (χ3v) is 6.76. The third kappa shape index (κ3) is 4.26. The van der Waals surface area contributed by atoms with Gasteiger partial charge in [0, 0.05) is 37.1 Å². The van der Waals surface area contributed by atoms with E-state index in [-0.39, 0.29) is 14.8 Å². The highest BCUT2D eigenvalue weighted by molar-refractivity contribution is 6.15. The van der Waals surface area contributed by atoms with Crippen molar-refractivity contribution in [2.24, 2.45) is 0 Å². The van der Waals surface area contributed by atoms with Crippen LogP contribution in [0.2, 0.25) is 0 Å². The maximum absolute atomic E-state index is 12.9. The Morgan fingerprint density at radius 2 is 1.82 bits per heavy atom. The first-order valence-electron chi connectivity index (χ1n) is 11.7. The van der Waals surface area contributed by atoms with E-state index >= 15 is 0 Å². The second-order valence-electron chi connectivity index (χ2n) is 9.00. The molecule has 0 radical (unpaired) electrons. The molecule has 0 aliphatic carbocycles. The molecule has 3 aromatic rings. The minimum Gasteiger partial charge on any atom is -0.398 e. The summed E-state index contributed by atoms with van der Waals surface area (Å²) in [6.45, 7) is 3.44. The van der Waals surface area contributed by atoms with Crippen molar-refractivity contribution in [3.05, 3.63) is 89.2 Å². The van der Waals surface area contributed by atoms with Crippen molar-refractivity contribution in [1.82, 2.24) is 10.3 Å². The number of nitrogen functional groups attached to an aromatic ring is 1.